The summed E-state index contributed by atoms with van der Waals surface area (Å²) >= 11 is 0. The van der Waals surface area contributed by atoms with Gasteiger partial charge in [0, 0.05) is 6.42 Å². The van der Waals surface area contributed by atoms with Gasteiger partial charge in [-0.2, -0.15) is 0 Å². The van der Waals surface area contributed by atoms with E-state index >= 15 is 0 Å². The monoisotopic (exact) mass is 511 g/mol. The topological polar surface area (TPSA) is 162 Å². The molecule has 0 radical (unpaired) electrons. The third-order valence-corrected chi connectivity index (χ3v) is 5.48. The van der Waals surface area contributed by atoms with E-state index in [4.69, 9.17) is 0 Å². The van der Waals surface area contributed by atoms with Gasteiger partial charge < -0.3 is 26.2 Å². The number of carboxylic acids is 2. The van der Waals surface area contributed by atoms with E-state index in [9.17, 15) is 34.2 Å². The van der Waals surface area contributed by atoms with E-state index in [0.717, 1.165) is 5.56 Å². The first-order chi connectivity index (χ1) is 17.5. The Bertz CT molecular complexity index is 1070. The summed E-state index contributed by atoms with van der Waals surface area (Å²) in [6.45, 7) is 3.71. The minimum absolute atomic E-state index is 0.00166. The van der Waals surface area contributed by atoms with E-state index < -0.39 is 54.2 Å². The number of hydrogen-bond donors (Lipinski definition) is 5. The summed E-state index contributed by atoms with van der Waals surface area (Å²) in [5, 5.41) is 26.2. The van der Waals surface area contributed by atoms with Gasteiger partial charge in [-0.25, -0.2) is 4.79 Å². The Hall–Kier alpha value is -4.21. The van der Waals surface area contributed by atoms with Crippen LogP contribution in [0.4, 0.5) is 0 Å². The number of nitrogens with one attached hydrogen (secondary N) is 3. The Morgan fingerprint density at radius 1 is 0.703 bits per heavy atom. The molecule has 0 fully saturated rings. The lowest BCUT2D eigenvalue weighted by molar-refractivity contribution is -0.143. The Morgan fingerprint density at radius 2 is 1.22 bits per heavy atom. The van der Waals surface area contributed by atoms with Crippen molar-refractivity contribution in [3.8, 4) is 0 Å². The molecule has 2 aromatic rings. The van der Waals surface area contributed by atoms with Crippen LogP contribution in [0.15, 0.2) is 60.7 Å². The van der Waals surface area contributed by atoms with Crippen molar-refractivity contribution in [3.05, 3.63) is 71.8 Å². The second-order valence-electron chi connectivity index (χ2n) is 9.16. The number of carbonyl (C=O) groups is 5. The summed E-state index contributed by atoms with van der Waals surface area (Å²) < 4.78 is 0. The number of hydrogen-bond acceptors (Lipinski definition) is 5. The third kappa shape index (κ3) is 10.5. The summed E-state index contributed by atoms with van der Waals surface area (Å²) in [6, 6.07) is 13.7. The number of carbonyl (C=O) groups excluding carboxylic acids is 3. The molecule has 0 saturated heterocycles. The zero-order valence-corrected chi connectivity index (χ0v) is 20.8. The van der Waals surface area contributed by atoms with Crippen LogP contribution in [0.5, 0.6) is 0 Å². The van der Waals surface area contributed by atoms with Gasteiger partial charge in [0.25, 0.3) is 0 Å². The van der Waals surface area contributed by atoms with Crippen molar-refractivity contribution in [3.63, 3.8) is 0 Å². The third-order valence-electron chi connectivity index (χ3n) is 5.48. The molecule has 5 N–H and O–H groups in total. The predicted octanol–water partition coefficient (Wildman–Crippen LogP) is 1.53. The molecule has 198 valence electrons. The van der Waals surface area contributed by atoms with Crippen molar-refractivity contribution >= 4 is 29.7 Å². The summed E-state index contributed by atoms with van der Waals surface area (Å²) in [7, 11) is 0. The van der Waals surface area contributed by atoms with E-state index in [1.54, 1.807) is 54.6 Å². The molecule has 0 aliphatic rings. The highest BCUT2D eigenvalue weighted by molar-refractivity contribution is 5.95. The SMILES string of the molecule is CC(C)C[C@H](NC(=O)Cc1ccccc1)C(=O)N[C@@H](CC(=O)O)C(=O)N[C@@H](Cc1ccccc1)C(=O)O. The molecule has 3 amide bonds. The quantitative estimate of drug-likeness (QED) is 0.257. The standard InChI is InChI=1S/C27H33N3O7/c1-17(2)13-20(28-23(31)15-19-11-7-4-8-12-19)25(34)29-21(16-24(32)33)26(35)30-22(27(36)37)14-18-9-5-3-6-10-18/h3-12,17,20-22H,13-16H2,1-2H3,(H,28,31)(H,29,34)(H,30,35)(H,32,33)(H,36,37)/t20-,21-,22-/m0/s1. The fourth-order valence-electron chi connectivity index (χ4n) is 3.71. The molecular formula is C27H33N3O7. The smallest absolute Gasteiger partial charge is 0.326 e. The second-order valence-corrected chi connectivity index (χ2v) is 9.16. The van der Waals surface area contributed by atoms with Crippen LogP contribution in [0.1, 0.15) is 37.8 Å². The Balaban J connectivity index is 2.12. The molecule has 2 rings (SSSR count). The number of rotatable bonds is 14. The highest BCUT2D eigenvalue weighted by atomic mass is 16.4. The Labute approximate surface area is 215 Å². The van der Waals surface area contributed by atoms with Crippen molar-refractivity contribution in [2.24, 2.45) is 5.92 Å². The first-order valence-corrected chi connectivity index (χ1v) is 12.0. The van der Waals surface area contributed by atoms with Gasteiger partial charge in [-0.15, -0.1) is 0 Å². The number of carboxylic acid groups (broad SMARTS) is 2. The molecule has 0 saturated carbocycles. The van der Waals surface area contributed by atoms with Gasteiger partial charge in [-0.3, -0.25) is 19.2 Å². The zero-order chi connectivity index (χ0) is 27.4. The fraction of sp³-hybridized carbons (Fsp3) is 0.370. The summed E-state index contributed by atoms with van der Waals surface area (Å²) in [4.78, 5) is 61.7. The zero-order valence-electron chi connectivity index (χ0n) is 20.8. The molecule has 2 aromatic carbocycles. The molecule has 0 spiro atoms. The van der Waals surface area contributed by atoms with E-state index in [2.05, 4.69) is 16.0 Å². The minimum atomic E-state index is -1.54. The van der Waals surface area contributed by atoms with E-state index in [0.29, 0.717) is 5.56 Å². The van der Waals surface area contributed by atoms with Gasteiger partial charge in [-0.05, 0) is 23.5 Å². The molecule has 10 heteroatoms. The maximum absolute atomic E-state index is 13.1. The van der Waals surface area contributed by atoms with Crippen molar-refractivity contribution in [2.45, 2.75) is 57.7 Å². The molecule has 0 heterocycles. The molecule has 0 aromatic heterocycles. The molecule has 0 aliphatic carbocycles. The number of amides is 3. The summed E-state index contributed by atoms with van der Waals surface area (Å²) in [6.07, 6.45) is -0.496. The lowest BCUT2D eigenvalue weighted by Crippen LogP contribution is -2.56. The number of aliphatic carboxylic acids is 2. The van der Waals surface area contributed by atoms with Gasteiger partial charge in [0.15, 0.2) is 0 Å². The second kappa shape index (κ2) is 14.4. The van der Waals surface area contributed by atoms with Crippen molar-refractivity contribution < 1.29 is 34.2 Å². The van der Waals surface area contributed by atoms with Gasteiger partial charge in [0.2, 0.25) is 17.7 Å². The molecular weight excluding hydrogens is 478 g/mol. The largest absolute Gasteiger partial charge is 0.481 e. The van der Waals surface area contributed by atoms with Crippen molar-refractivity contribution in [2.75, 3.05) is 0 Å². The van der Waals surface area contributed by atoms with Crippen molar-refractivity contribution in [1.29, 1.82) is 0 Å². The maximum atomic E-state index is 13.1. The van der Waals surface area contributed by atoms with Crippen molar-refractivity contribution in [1.82, 2.24) is 16.0 Å². The normalized spacial score (nSPS) is 13.2. The van der Waals surface area contributed by atoms with E-state index in [1.165, 1.54) is 0 Å². The average molecular weight is 512 g/mol. The van der Waals surface area contributed by atoms with Crippen LogP contribution in [0.3, 0.4) is 0 Å². The van der Waals surface area contributed by atoms with Crippen LogP contribution in [0.2, 0.25) is 0 Å². The van der Waals surface area contributed by atoms with Crippen LogP contribution in [0.25, 0.3) is 0 Å². The fourth-order valence-corrected chi connectivity index (χ4v) is 3.71. The summed E-state index contributed by atoms with van der Waals surface area (Å²) in [5.41, 5.74) is 1.41. The first kappa shape index (κ1) is 29.0. The van der Waals surface area contributed by atoms with Gasteiger partial charge in [-0.1, -0.05) is 74.5 Å². The highest BCUT2D eigenvalue weighted by Gasteiger charge is 2.31. The van der Waals surface area contributed by atoms with Crippen LogP contribution in [-0.4, -0.2) is 58.0 Å². The molecule has 37 heavy (non-hydrogen) atoms. The average Bonchev–Trinajstić information content (AvgIpc) is 2.83. The highest BCUT2D eigenvalue weighted by Crippen LogP contribution is 2.09. The minimum Gasteiger partial charge on any atom is -0.481 e. The first-order valence-electron chi connectivity index (χ1n) is 12.0. The van der Waals surface area contributed by atoms with Gasteiger partial charge in [0.05, 0.1) is 12.8 Å². The maximum Gasteiger partial charge on any atom is 0.326 e. The van der Waals surface area contributed by atoms with Crippen LogP contribution in [0, 0.1) is 5.92 Å². The van der Waals surface area contributed by atoms with Gasteiger partial charge >= 0.3 is 11.9 Å². The van der Waals surface area contributed by atoms with Crippen LogP contribution < -0.4 is 16.0 Å². The number of benzene rings is 2. The Kier molecular flexibility index (Phi) is 11.3. The molecule has 0 unspecified atom stereocenters. The van der Waals surface area contributed by atoms with Crippen LogP contribution in [-0.2, 0) is 36.8 Å². The molecule has 0 bridgehead atoms. The Morgan fingerprint density at radius 3 is 1.73 bits per heavy atom. The van der Waals surface area contributed by atoms with Gasteiger partial charge in [0.1, 0.15) is 18.1 Å². The molecule has 0 aliphatic heterocycles. The lowest BCUT2D eigenvalue weighted by atomic mass is 10.0. The van der Waals surface area contributed by atoms with E-state index in [1.807, 2.05) is 19.9 Å². The molecule has 3 atom stereocenters. The predicted molar refractivity (Wildman–Crippen MR) is 135 cm³/mol. The summed E-state index contributed by atoms with van der Waals surface area (Å²) in [5.74, 6) is -4.74. The van der Waals surface area contributed by atoms with Crippen LogP contribution >= 0.6 is 0 Å². The van der Waals surface area contributed by atoms with E-state index in [-0.39, 0.29) is 25.2 Å². The lowest BCUT2D eigenvalue weighted by Gasteiger charge is -2.24. The molecule has 10 nitrogen and oxygen atoms in total.